The summed E-state index contributed by atoms with van der Waals surface area (Å²) >= 11 is 1.88. The molecule has 0 bridgehead atoms. The first-order valence-corrected chi connectivity index (χ1v) is 12.6. The molecule has 2 aliphatic rings. The van der Waals surface area contributed by atoms with E-state index in [1.54, 1.807) is 30.3 Å². The number of alkyl halides is 12. The van der Waals surface area contributed by atoms with Crippen LogP contribution < -0.4 is 4.74 Å². The minimum Gasteiger partial charge on any atom is -0.487 e. The van der Waals surface area contributed by atoms with Crippen LogP contribution in [0.4, 0.5) is 52.7 Å². The van der Waals surface area contributed by atoms with Crippen LogP contribution in [0.15, 0.2) is 65.4 Å². The van der Waals surface area contributed by atoms with Crippen molar-refractivity contribution in [2.45, 2.75) is 35.5 Å². The van der Waals surface area contributed by atoms with Crippen molar-refractivity contribution in [3.8, 4) is 15.5 Å². The molecule has 0 saturated heterocycles. The summed E-state index contributed by atoms with van der Waals surface area (Å²) in [7, 11) is 1.16. The van der Waals surface area contributed by atoms with E-state index in [1.165, 1.54) is 5.38 Å². The number of methoxy groups -OCH3 is 1. The average molecular weight is 622 g/mol. The van der Waals surface area contributed by atoms with Crippen LogP contribution in [0.1, 0.15) is 11.1 Å². The standard InChI is InChI=1S/C16H10F6OS.C9H4F6S/c1-23-13-10(7-12(24-13)9-5-3-2-4-6-9)11-8-14(17,18)16(21,22)15(11,19)20;10-7(11)3-6(5-1-2-16-4-5)8(12,13)9(7,14)15/h2-8H,1H3;1-4H. The number of hydrogen-bond acceptors (Lipinski definition) is 3. The third-order valence-corrected chi connectivity index (χ3v) is 7.85. The van der Waals surface area contributed by atoms with E-state index in [0.717, 1.165) is 47.3 Å². The van der Waals surface area contributed by atoms with Gasteiger partial charge in [-0.25, -0.2) is 0 Å². The second kappa shape index (κ2) is 9.57. The Labute approximate surface area is 226 Å². The Hall–Kier alpha value is -2.94. The van der Waals surface area contributed by atoms with Crippen LogP contribution >= 0.6 is 22.7 Å². The van der Waals surface area contributed by atoms with Crippen LogP contribution in [0, 0.1) is 0 Å². The van der Waals surface area contributed by atoms with Crippen LogP contribution in [-0.2, 0) is 0 Å². The van der Waals surface area contributed by atoms with Gasteiger partial charge in [-0.1, -0.05) is 41.7 Å². The third kappa shape index (κ3) is 4.41. The van der Waals surface area contributed by atoms with E-state index < -0.39 is 52.2 Å². The van der Waals surface area contributed by atoms with Crippen molar-refractivity contribution < 1.29 is 57.4 Å². The quantitative estimate of drug-likeness (QED) is 0.263. The fourth-order valence-electron chi connectivity index (χ4n) is 3.87. The first kappa shape index (κ1) is 30.0. The lowest BCUT2D eigenvalue weighted by Gasteiger charge is -2.25. The Morgan fingerprint density at radius 2 is 1.18 bits per heavy atom. The van der Waals surface area contributed by atoms with Gasteiger partial charge in [0.1, 0.15) is 0 Å². The molecule has 1 aromatic carbocycles. The van der Waals surface area contributed by atoms with E-state index in [9.17, 15) is 52.7 Å². The van der Waals surface area contributed by atoms with Gasteiger partial charge in [-0.3, -0.25) is 0 Å². The van der Waals surface area contributed by atoms with Crippen molar-refractivity contribution >= 4 is 33.8 Å². The van der Waals surface area contributed by atoms with Crippen LogP contribution in [0.3, 0.4) is 0 Å². The number of ether oxygens (including phenoxy) is 1. The van der Waals surface area contributed by atoms with Crippen LogP contribution in [-0.4, -0.2) is 42.6 Å². The summed E-state index contributed by atoms with van der Waals surface area (Å²) in [5, 5.41) is 2.34. The first-order chi connectivity index (χ1) is 18.3. The molecular formula is C25H14F12OS2. The lowest BCUT2D eigenvalue weighted by Crippen LogP contribution is -2.48. The molecule has 0 amide bonds. The summed E-state index contributed by atoms with van der Waals surface area (Å²) in [6.45, 7) is 0. The number of halogens is 12. The molecule has 0 unspecified atom stereocenters. The Balaban J connectivity index is 0.000000201. The molecule has 0 spiro atoms. The number of rotatable bonds is 4. The van der Waals surface area contributed by atoms with Crippen LogP contribution in [0.25, 0.3) is 21.6 Å². The Morgan fingerprint density at radius 1 is 0.650 bits per heavy atom. The molecule has 0 aliphatic heterocycles. The summed E-state index contributed by atoms with van der Waals surface area (Å²) in [5.41, 5.74) is -2.86. The van der Waals surface area contributed by atoms with E-state index in [2.05, 4.69) is 0 Å². The van der Waals surface area contributed by atoms with E-state index >= 15 is 0 Å². The highest BCUT2D eigenvalue weighted by Crippen LogP contribution is 2.61. The maximum absolute atomic E-state index is 13.9. The second-order valence-corrected chi connectivity index (χ2v) is 10.3. The van der Waals surface area contributed by atoms with Gasteiger partial charge in [0.25, 0.3) is 0 Å². The zero-order valence-electron chi connectivity index (χ0n) is 19.6. The van der Waals surface area contributed by atoms with E-state index in [4.69, 9.17) is 4.74 Å². The summed E-state index contributed by atoms with van der Waals surface area (Å²) in [6.07, 6.45) is -0.721. The Bertz CT molecular complexity index is 1440. The van der Waals surface area contributed by atoms with Gasteiger partial charge in [-0.05, 0) is 34.0 Å². The van der Waals surface area contributed by atoms with Crippen molar-refractivity contribution in [2.24, 2.45) is 0 Å². The first-order valence-electron chi connectivity index (χ1n) is 10.8. The van der Waals surface area contributed by atoms with Gasteiger partial charge >= 0.3 is 35.5 Å². The molecule has 0 fully saturated rings. The highest BCUT2D eigenvalue weighted by Gasteiger charge is 2.77. The van der Waals surface area contributed by atoms with Crippen LogP contribution in [0.5, 0.6) is 5.06 Å². The van der Waals surface area contributed by atoms with Crippen LogP contribution in [0.2, 0.25) is 0 Å². The summed E-state index contributed by atoms with van der Waals surface area (Å²) in [4.78, 5) is 0.442. The maximum Gasteiger partial charge on any atom is 0.380 e. The predicted octanol–water partition coefficient (Wildman–Crippen LogP) is 9.78. The second-order valence-electron chi connectivity index (χ2n) is 8.55. The fraction of sp³-hybridized carbons (Fsp3) is 0.280. The molecule has 0 atom stereocenters. The molecular weight excluding hydrogens is 608 g/mol. The molecule has 40 heavy (non-hydrogen) atoms. The Morgan fingerprint density at radius 3 is 1.60 bits per heavy atom. The molecule has 5 rings (SSSR count). The van der Waals surface area contributed by atoms with Crippen molar-refractivity contribution in [2.75, 3.05) is 7.11 Å². The van der Waals surface area contributed by atoms with E-state index in [0.29, 0.717) is 10.4 Å². The number of hydrogen-bond donors (Lipinski definition) is 0. The van der Waals surface area contributed by atoms with Gasteiger partial charge in [-0.2, -0.15) is 64.0 Å². The zero-order valence-corrected chi connectivity index (χ0v) is 21.2. The monoisotopic (exact) mass is 622 g/mol. The summed E-state index contributed by atoms with van der Waals surface area (Å²) in [6, 6.07) is 10.8. The smallest absolute Gasteiger partial charge is 0.380 e. The molecule has 1 nitrogen and oxygen atoms in total. The van der Waals surface area contributed by atoms with Gasteiger partial charge < -0.3 is 4.74 Å². The maximum atomic E-state index is 13.9. The van der Waals surface area contributed by atoms with Gasteiger partial charge in [0.05, 0.1) is 7.11 Å². The third-order valence-electron chi connectivity index (χ3n) is 6.02. The van der Waals surface area contributed by atoms with Gasteiger partial charge in [0, 0.05) is 33.7 Å². The van der Waals surface area contributed by atoms with Crippen molar-refractivity contribution in [1.82, 2.24) is 0 Å². The minimum absolute atomic E-state index is 0.131. The highest BCUT2D eigenvalue weighted by molar-refractivity contribution is 7.17. The SMILES string of the molecule is COc1sc(-c2ccccc2)cc1C1=CC(F)(F)C(F)(F)C1(F)F.FC1(F)C=C(c2ccsc2)C(F)(F)C1(F)F. The zero-order chi connectivity index (χ0) is 29.9. The Kier molecular flexibility index (Phi) is 7.18. The number of benzene rings is 1. The highest BCUT2D eigenvalue weighted by atomic mass is 32.1. The number of allylic oxidation sites excluding steroid dienone is 4. The number of thiophene rings is 2. The van der Waals surface area contributed by atoms with E-state index in [1.807, 2.05) is 0 Å². The topological polar surface area (TPSA) is 9.23 Å². The minimum atomic E-state index is -5.49. The van der Waals surface area contributed by atoms with Gasteiger partial charge in [0.15, 0.2) is 5.06 Å². The average Bonchev–Trinajstić information content (AvgIpc) is 3.60. The normalized spacial score (nSPS) is 22.6. The molecule has 0 radical (unpaired) electrons. The van der Waals surface area contributed by atoms with Crippen molar-refractivity contribution in [3.05, 3.63) is 76.5 Å². The molecule has 2 aliphatic carbocycles. The molecule has 0 N–H and O–H groups in total. The van der Waals surface area contributed by atoms with Crippen molar-refractivity contribution in [1.29, 1.82) is 0 Å². The molecule has 216 valence electrons. The molecule has 2 heterocycles. The molecule has 0 saturated carbocycles. The van der Waals surface area contributed by atoms with Gasteiger partial charge in [-0.15, -0.1) is 0 Å². The molecule has 2 aromatic heterocycles. The van der Waals surface area contributed by atoms with E-state index in [-0.39, 0.29) is 22.8 Å². The largest absolute Gasteiger partial charge is 0.487 e. The predicted molar refractivity (Wildman–Crippen MR) is 126 cm³/mol. The van der Waals surface area contributed by atoms with Crippen molar-refractivity contribution in [3.63, 3.8) is 0 Å². The lowest BCUT2D eigenvalue weighted by atomic mass is 10.0. The summed E-state index contributed by atoms with van der Waals surface area (Å²) in [5.74, 6) is -30.5. The summed E-state index contributed by atoms with van der Waals surface area (Å²) < 4.78 is 164. The lowest BCUT2D eigenvalue weighted by molar-refractivity contribution is -0.257. The van der Waals surface area contributed by atoms with Gasteiger partial charge in [0.2, 0.25) is 0 Å². The molecule has 15 heteroatoms. The molecule has 3 aromatic rings. The fourth-order valence-corrected chi connectivity index (χ4v) is 5.52.